The quantitative estimate of drug-likeness (QED) is 0.0376. The molecule has 3 aromatic rings. The van der Waals surface area contributed by atoms with Crippen molar-refractivity contribution in [3.05, 3.63) is 95.8 Å². The molecule has 2 heterocycles. The van der Waals surface area contributed by atoms with Crippen molar-refractivity contribution < 1.29 is 73.1 Å². The molecule has 22 nitrogen and oxygen atoms in total. The number of carbonyl (C=O) groups excluding carboxylic acids is 9. The number of carbonyl (C=O) groups is 11. The van der Waals surface area contributed by atoms with Gasteiger partial charge in [0.1, 0.15) is 42.3 Å². The van der Waals surface area contributed by atoms with Gasteiger partial charge in [0.15, 0.2) is 1.41 Å². The molecule has 404 valence electrons. The Labute approximate surface area is 436 Å². The van der Waals surface area contributed by atoms with Crippen molar-refractivity contribution in [2.45, 2.75) is 97.1 Å². The number of hydrogen-bond donors (Lipinski definition) is 8. The van der Waals surface area contributed by atoms with Crippen molar-refractivity contribution in [1.82, 2.24) is 40.9 Å². The predicted octanol–water partition coefficient (Wildman–Crippen LogP) is 1.37. The van der Waals surface area contributed by atoms with E-state index in [9.17, 15) is 62.2 Å². The number of imide groups is 1. The number of hydrogen-bond acceptors (Lipinski definition) is 12. The molecule has 1 aliphatic rings. The smallest absolute Gasteiger partial charge is 0.326 e. The van der Waals surface area contributed by atoms with E-state index in [4.69, 9.17) is 12.3 Å². The van der Waals surface area contributed by atoms with Crippen molar-refractivity contribution in [3.63, 3.8) is 0 Å². The summed E-state index contributed by atoms with van der Waals surface area (Å²) in [6.07, 6.45) is 1.75. The fourth-order valence-corrected chi connectivity index (χ4v) is 8.60. The van der Waals surface area contributed by atoms with E-state index in [1.54, 1.807) is 12.3 Å². The molecular formula is C50H61F2N9O13S. The normalized spacial score (nSPS) is 14.4. The van der Waals surface area contributed by atoms with Gasteiger partial charge in [0.25, 0.3) is 11.8 Å². The van der Waals surface area contributed by atoms with Gasteiger partial charge < -0.3 is 52.0 Å². The lowest BCUT2D eigenvalue weighted by molar-refractivity contribution is -0.147. The number of amides is 9. The molecule has 0 saturated heterocycles. The van der Waals surface area contributed by atoms with E-state index in [1.165, 1.54) is 11.8 Å². The van der Waals surface area contributed by atoms with Crippen molar-refractivity contribution in [2.24, 2.45) is 11.1 Å². The van der Waals surface area contributed by atoms with Crippen LogP contribution in [0.2, 0.25) is 1.41 Å². The Balaban J connectivity index is 1.55. The number of nitrogens with one attached hydrogen (secondary N) is 5. The molecule has 4 rings (SSSR count). The van der Waals surface area contributed by atoms with Gasteiger partial charge in [-0.05, 0) is 55.5 Å². The lowest BCUT2D eigenvalue weighted by Crippen LogP contribution is -2.56. The molecule has 25 heteroatoms. The number of benzene rings is 2. The second-order valence-corrected chi connectivity index (χ2v) is 19.6. The first-order chi connectivity index (χ1) is 35.7. The van der Waals surface area contributed by atoms with E-state index in [1.807, 2.05) is 55.7 Å². The summed E-state index contributed by atoms with van der Waals surface area (Å²) in [6, 6.07) is 6.90. The zero-order valence-electron chi connectivity index (χ0n) is 42.8. The molecule has 0 saturated carbocycles. The maximum Gasteiger partial charge on any atom is 0.326 e. The standard InChI is InChI=1S/C50H61F2N9O13S/c1-28(55-40(64)26-61-41(65)14-15-42(61)66)46(70)56-29(2)47(71)58-35(22-38(53)62)48(72)54-17-9-18-60(43(67)27-75-19-16-39(63)57-36(49(73)74)23-44(68)69)45(50(3,4)5)37-20-31(33-21-32(51)12-13-34(33)52)25-59(37)24-30-10-7-6-8-11-30/h6-8,10-15,20-21,25,28-29,35-36,45H,9,16-19,22-24,26-27H2,1-5H3,(H2,53,62)(H,54,72)(H,55,64)(H,56,70)(H,57,63)(H,58,71)(H,68,69)(H,73,74)/t28-,29-,35-,36+,45-/m0/s1/i/hD. The van der Waals surface area contributed by atoms with Crippen molar-refractivity contribution in [3.8, 4) is 11.1 Å². The highest BCUT2D eigenvalue weighted by atomic mass is 32.2. The Morgan fingerprint density at radius 3 is 2.09 bits per heavy atom. The molecule has 0 fully saturated rings. The van der Waals surface area contributed by atoms with E-state index < -0.39 is 132 Å². The van der Waals surface area contributed by atoms with Crippen LogP contribution in [0.15, 0.2) is 72.9 Å². The van der Waals surface area contributed by atoms with Crippen LogP contribution in [0.4, 0.5) is 8.78 Å². The zero-order chi connectivity index (χ0) is 56.6. The second kappa shape index (κ2) is 27.4. The number of primary amides is 1. The number of rotatable bonds is 28. The first kappa shape index (κ1) is 57.9. The number of carboxylic acid groups (broad SMARTS) is 2. The van der Waals surface area contributed by atoms with E-state index in [0.717, 1.165) is 54.6 Å². The molecule has 0 aliphatic carbocycles. The lowest BCUT2D eigenvalue weighted by Gasteiger charge is -2.41. The summed E-state index contributed by atoms with van der Waals surface area (Å²) in [5.41, 5.74) is 6.25. The van der Waals surface area contributed by atoms with Crippen molar-refractivity contribution >= 4 is 76.9 Å². The highest BCUT2D eigenvalue weighted by Crippen LogP contribution is 2.41. The Morgan fingerprint density at radius 2 is 1.48 bits per heavy atom. The minimum atomic E-state index is -1.68. The molecule has 1 aromatic heterocycles. The Kier molecular flexibility index (Phi) is 21.1. The third-order valence-corrected chi connectivity index (χ3v) is 12.3. The van der Waals surface area contributed by atoms with Gasteiger partial charge in [0, 0.05) is 67.0 Å². The molecule has 0 spiro atoms. The fraction of sp³-hybridized carbons (Fsp3) is 0.420. The number of halogens is 2. The highest BCUT2D eigenvalue weighted by molar-refractivity contribution is 7.99. The summed E-state index contributed by atoms with van der Waals surface area (Å²) in [5, 5.41) is 28.1. The van der Waals surface area contributed by atoms with Crippen LogP contribution < -0.4 is 32.3 Å². The monoisotopic (exact) mass is 1070 g/mol. The highest BCUT2D eigenvalue weighted by Gasteiger charge is 2.38. The van der Waals surface area contributed by atoms with Crippen LogP contribution in [-0.4, -0.2) is 145 Å². The van der Waals surface area contributed by atoms with Gasteiger partial charge in [0.05, 0.1) is 24.6 Å². The molecule has 9 N–H and O–H groups in total. The van der Waals surface area contributed by atoms with Gasteiger partial charge in [-0.25, -0.2) is 13.6 Å². The second-order valence-electron chi connectivity index (χ2n) is 18.5. The van der Waals surface area contributed by atoms with Crippen molar-refractivity contribution in [1.29, 1.82) is 0 Å². The van der Waals surface area contributed by atoms with E-state index in [-0.39, 0.29) is 54.9 Å². The summed E-state index contributed by atoms with van der Waals surface area (Å²) in [7, 11) is 0. The Morgan fingerprint density at radius 1 is 0.827 bits per heavy atom. The molecule has 2 aromatic carbocycles. The summed E-state index contributed by atoms with van der Waals surface area (Å²) >= 11 is 1.03. The molecule has 0 bridgehead atoms. The fourth-order valence-electron chi connectivity index (χ4n) is 7.79. The summed E-state index contributed by atoms with van der Waals surface area (Å²) < 4.78 is 39.9. The number of nitrogens with zero attached hydrogens (tertiary/aromatic N) is 3. The number of aromatic nitrogens is 1. The predicted molar refractivity (Wildman–Crippen MR) is 267 cm³/mol. The molecule has 0 unspecified atom stereocenters. The summed E-state index contributed by atoms with van der Waals surface area (Å²) in [5.74, 6) is -12.3. The van der Waals surface area contributed by atoms with Crippen LogP contribution in [-0.2, 0) is 59.3 Å². The lowest BCUT2D eigenvalue weighted by atomic mass is 9.83. The molecule has 1 aliphatic heterocycles. The molecule has 75 heavy (non-hydrogen) atoms. The van der Waals surface area contributed by atoms with Crippen LogP contribution in [0.5, 0.6) is 0 Å². The van der Waals surface area contributed by atoms with Gasteiger partial charge in [-0.15, -0.1) is 0 Å². The van der Waals surface area contributed by atoms with Gasteiger partial charge in [-0.1, -0.05) is 51.1 Å². The summed E-state index contributed by atoms with van der Waals surface area (Å²) in [6.45, 7) is 7.14. The van der Waals surface area contributed by atoms with Crippen LogP contribution in [0, 0.1) is 17.0 Å². The average Bonchev–Trinajstić information content (AvgIpc) is 3.90. The summed E-state index contributed by atoms with van der Waals surface area (Å²) in [4.78, 5) is 140. The third kappa shape index (κ3) is 18.2. The van der Waals surface area contributed by atoms with Crippen LogP contribution in [0.1, 0.15) is 77.6 Å². The maximum absolute atomic E-state index is 15.4. The number of thioether (sulfide) groups is 1. The molecule has 5 atom stereocenters. The van der Waals surface area contributed by atoms with E-state index in [2.05, 4.69) is 21.3 Å². The van der Waals surface area contributed by atoms with E-state index in [0.29, 0.717) is 16.2 Å². The van der Waals surface area contributed by atoms with Gasteiger partial charge in [-0.2, -0.15) is 11.8 Å². The minimum Gasteiger partial charge on any atom is -0.481 e. The maximum atomic E-state index is 15.4. The van der Waals surface area contributed by atoms with E-state index >= 15 is 4.39 Å². The first-order valence-corrected chi connectivity index (χ1v) is 24.7. The van der Waals surface area contributed by atoms with Crippen LogP contribution in [0.25, 0.3) is 11.1 Å². The van der Waals surface area contributed by atoms with Crippen molar-refractivity contribution in [2.75, 3.05) is 31.1 Å². The molecule has 0 radical (unpaired) electrons. The zero-order valence-corrected chi connectivity index (χ0v) is 42.6. The van der Waals surface area contributed by atoms with Gasteiger partial charge in [0.2, 0.25) is 41.4 Å². The SMILES string of the molecule is [2H]N(C(=O)CN1C(=O)C=CC1=O)[C@@H](C)C(=O)N[C@@H](C)C(=O)N[C@@H](CC(N)=O)C(=O)NCCCN(C(=O)CSCCC(=O)N[C@H](CC(=O)O)C(=O)O)[C@@H](c1cc(-c2cc(F)ccc2F)cn1Cc1ccccc1)C(C)(C)C. The van der Waals surface area contributed by atoms with Gasteiger partial charge in [-0.3, -0.25) is 52.8 Å². The average molecular weight is 1070 g/mol. The minimum absolute atomic E-state index is 0.00832. The topological polar surface area (TPSA) is 326 Å². The van der Waals surface area contributed by atoms with Gasteiger partial charge >= 0.3 is 11.9 Å². The van der Waals surface area contributed by atoms with Crippen LogP contribution >= 0.6 is 11.8 Å². The molecular weight excluding hydrogens is 1000 g/mol. The number of nitrogens with two attached hydrogens (primary N) is 1. The largest absolute Gasteiger partial charge is 0.481 e. The van der Waals surface area contributed by atoms with Crippen LogP contribution in [0.3, 0.4) is 0 Å². The first-order valence-electron chi connectivity index (χ1n) is 23.9. The third-order valence-electron chi connectivity index (χ3n) is 11.4. The Hall–Kier alpha value is -7.96. The molecule has 9 amide bonds. The number of carboxylic acids is 2. The Bertz CT molecular complexity index is 2700. The number of aliphatic carboxylic acids is 2.